The lowest BCUT2D eigenvalue weighted by Gasteiger charge is -2.38. The number of unbranched alkanes of at least 4 members (excludes halogenated alkanes) is 1. The van der Waals surface area contributed by atoms with Gasteiger partial charge in [0.1, 0.15) is 6.04 Å². The fourth-order valence-electron chi connectivity index (χ4n) is 7.46. The second kappa shape index (κ2) is 14.4. The fraction of sp³-hybridized carbons (Fsp3) is 0.606. The number of ether oxygens (including phenoxy) is 1. The highest BCUT2D eigenvalue weighted by Gasteiger charge is 2.74. The minimum atomic E-state index is -0.636. The summed E-state index contributed by atoms with van der Waals surface area (Å²) >= 11 is 1.71. The average molecular weight is 611 g/mol. The fourth-order valence-corrected chi connectivity index (χ4v) is 9.66. The number of aliphatic hydroxyl groups is 1. The molecule has 2 unspecified atom stereocenters. The molecule has 0 aliphatic carbocycles. The molecule has 1 spiro atoms. The molecule has 43 heavy (non-hydrogen) atoms. The molecular weight excluding hydrogens is 564 g/mol. The van der Waals surface area contributed by atoms with Crippen molar-refractivity contribution >= 4 is 29.5 Å². The van der Waals surface area contributed by atoms with Gasteiger partial charge in [0.25, 0.3) is 0 Å². The first kappa shape index (κ1) is 31.8. The van der Waals surface area contributed by atoms with E-state index in [4.69, 9.17) is 4.74 Å². The quantitative estimate of drug-likeness (QED) is 0.241. The first-order valence-corrected chi connectivity index (χ1v) is 16.6. The topological polar surface area (TPSA) is 93.6 Å². The van der Waals surface area contributed by atoms with Crippen LogP contribution in [0.1, 0.15) is 31.2 Å². The molecule has 4 fully saturated rings. The minimum absolute atomic E-state index is 0.000588. The van der Waals surface area contributed by atoms with Crippen molar-refractivity contribution in [3.63, 3.8) is 0 Å². The van der Waals surface area contributed by atoms with Crippen molar-refractivity contribution in [2.24, 2.45) is 11.8 Å². The number of thioether (sulfide) groups is 1. The Morgan fingerprint density at radius 2 is 1.77 bits per heavy atom. The summed E-state index contributed by atoms with van der Waals surface area (Å²) in [5.74, 6) is -1.19. The highest BCUT2D eigenvalue weighted by atomic mass is 32.2. The first-order valence-electron chi connectivity index (χ1n) is 15.7. The van der Waals surface area contributed by atoms with E-state index in [-0.39, 0.29) is 29.6 Å². The van der Waals surface area contributed by atoms with Gasteiger partial charge in [-0.25, -0.2) is 0 Å². The molecule has 4 saturated heterocycles. The second-order valence-electron chi connectivity index (χ2n) is 12.0. The number of likely N-dealkylation sites (tertiary alicyclic amines) is 1. The van der Waals surface area contributed by atoms with Gasteiger partial charge in [-0.1, -0.05) is 42.5 Å². The van der Waals surface area contributed by atoms with E-state index < -0.39 is 22.6 Å². The predicted molar refractivity (Wildman–Crippen MR) is 168 cm³/mol. The van der Waals surface area contributed by atoms with Crippen molar-refractivity contribution in [2.75, 3.05) is 65.6 Å². The summed E-state index contributed by atoms with van der Waals surface area (Å²) in [5, 5.41) is 9.48. The van der Waals surface area contributed by atoms with Gasteiger partial charge in [-0.2, -0.15) is 0 Å². The highest BCUT2D eigenvalue weighted by molar-refractivity contribution is 8.02. The van der Waals surface area contributed by atoms with E-state index >= 15 is 0 Å². The SMILES string of the molecule is C=CCN(CCN1CCOCC1)C(=O)C1N(CCCCO)C(=O)[C@@H]2[C@H](C(=O)N(CC=C)Cc3ccccc3)[C@@H]3CCC12S3. The van der Waals surface area contributed by atoms with E-state index in [1.54, 1.807) is 28.8 Å². The summed E-state index contributed by atoms with van der Waals surface area (Å²) in [7, 11) is 0. The van der Waals surface area contributed by atoms with Crippen molar-refractivity contribution in [2.45, 2.75) is 48.3 Å². The number of hydrogen-bond donors (Lipinski definition) is 1. The van der Waals surface area contributed by atoms with E-state index in [2.05, 4.69) is 18.1 Å². The van der Waals surface area contributed by atoms with Crippen LogP contribution < -0.4 is 0 Å². The van der Waals surface area contributed by atoms with Crippen molar-refractivity contribution in [3.05, 3.63) is 61.2 Å². The largest absolute Gasteiger partial charge is 0.396 e. The molecule has 4 heterocycles. The summed E-state index contributed by atoms with van der Waals surface area (Å²) in [6, 6.07) is 9.25. The van der Waals surface area contributed by atoms with Gasteiger partial charge in [0, 0.05) is 64.2 Å². The van der Waals surface area contributed by atoms with E-state index in [9.17, 15) is 19.5 Å². The Kier molecular flexibility index (Phi) is 10.6. The maximum absolute atomic E-state index is 14.5. The van der Waals surface area contributed by atoms with Crippen molar-refractivity contribution in [1.29, 1.82) is 0 Å². The van der Waals surface area contributed by atoms with E-state index in [0.29, 0.717) is 58.8 Å². The number of rotatable bonds is 15. The number of fused-ring (bicyclic) bond motifs is 1. The van der Waals surface area contributed by atoms with Gasteiger partial charge in [-0.15, -0.1) is 24.9 Å². The number of nitrogens with zero attached hydrogens (tertiary/aromatic N) is 4. The van der Waals surface area contributed by atoms with Crippen LogP contribution in [0.15, 0.2) is 55.6 Å². The van der Waals surface area contributed by atoms with Gasteiger partial charge in [-0.05, 0) is 31.2 Å². The molecule has 3 amide bonds. The minimum Gasteiger partial charge on any atom is -0.396 e. The Bertz CT molecular complexity index is 1160. The molecule has 1 aromatic carbocycles. The summed E-state index contributed by atoms with van der Waals surface area (Å²) < 4.78 is 4.85. The third-order valence-corrected chi connectivity index (χ3v) is 11.4. The number of hydrogen-bond acceptors (Lipinski definition) is 7. The maximum Gasteiger partial charge on any atom is 0.247 e. The predicted octanol–water partition coefficient (Wildman–Crippen LogP) is 2.41. The molecule has 5 rings (SSSR count). The van der Waals surface area contributed by atoms with Crippen LogP contribution in [-0.2, 0) is 25.7 Å². The van der Waals surface area contributed by atoms with Crippen LogP contribution in [0.5, 0.6) is 0 Å². The molecule has 1 aromatic rings. The third-order valence-electron chi connectivity index (χ3n) is 9.45. The zero-order chi connectivity index (χ0) is 30.4. The number of amides is 3. The lowest BCUT2D eigenvalue weighted by molar-refractivity contribution is -0.145. The van der Waals surface area contributed by atoms with Gasteiger partial charge in [0.2, 0.25) is 17.7 Å². The molecule has 4 aliphatic heterocycles. The number of carbonyl (C=O) groups excluding carboxylic acids is 3. The van der Waals surface area contributed by atoms with Crippen LogP contribution in [0.4, 0.5) is 0 Å². The molecule has 9 nitrogen and oxygen atoms in total. The molecule has 0 radical (unpaired) electrons. The van der Waals surface area contributed by atoms with Gasteiger partial charge < -0.3 is 24.5 Å². The van der Waals surface area contributed by atoms with Crippen LogP contribution in [0.25, 0.3) is 0 Å². The van der Waals surface area contributed by atoms with Gasteiger partial charge in [0.05, 0.1) is 29.8 Å². The van der Waals surface area contributed by atoms with Crippen LogP contribution in [0.2, 0.25) is 0 Å². The zero-order valence-electron chi connectivity index (χ0n) is 25.1. The molecule has 2 bridgehead atoms. The third kappa shape index (κ3) is 6.43. The second-order valence-corrected chi connectivity index (χ2v) is 13.6. The standard InChI is InChI=1S/C33H46N4O5S/c1-3-14-35(18-17-34-19-22-42-23-20-34)32(41)29-33-13-12-26(43-33)27(28(33)31(40)37(29)16-8-9-21-38)30(39)36(15-4-2)24-25-10-6-5-7-11-25/h3-7,10-11,26-29,38H,1-2,8-9,12-24H2/t26-,27+,28-,29?,33?/m0/s1. The monoisotopic (exact) mass is 610 g/mol. The van der Waals surface area contributed by atoms with Crippen LogP contribution in [0, 0.1) is 11.8 Å². The van der Waals surface area contributed by atoms with Crippen molar-refractivity contribution in [3.8, 4) is 0 Å². The lowest BCUT2D eigenvalue weighted by Crippen LogP contribution is -2.56. The van der Waals surface area contributed by atoms with Crippen LogP contribution in [-0.4, -0.2) is 124 Å². The molecule has 10 heteroatoms. The summed E-state index contributed by atoms with van der Waals surface area (Å²) in [6.45, 7) is 13.8. The van der Waals surface area contributed by atoms with Gasteiger partial charge in [-0.3, -0.25) is 19.3 Å². The Labute approximate surface area is 259 Å². The summed E-state index contributed by atoms with van der Waals surface area (Å²) in [5.41, 5.74) is 1.03. The van der Waals surface area contributed by atoms with Crippen molar-refractivity contribution in [1.82, 2.24) is 19.6 Å². The summed E-state index contributed by atoms with van der Waals surface area (Å²) in [4.78, 5) is 50.9. The van der Waals surface area contributed by atoms with E-state index in [1.165, 1.54) is 0 Å². The number of morpholine rings is 1. The lowest BCUT2D eigenvalue weighted by atomic mass is 9.70. The number of aliphatic hydroxyl groups excluding tert-OH is 1. The molecular formula is C33H46N4O5S. The smallest absolute Gasteiger partial charge is 0.247 e. The van der Waals surface area contributed by atoms with Gasteiger partial charge in [0.15, 0.2) is 0 Å². The Balaban J connectivity index is 1.42. The van der Waals surface area contributed by atoms with Crippen LogP contribution in [0.3, 0.4) is 0 Å². The Hall–Kier alpha value is -2.66. The van der Waals surface area contributed by atoms with Crippen LogP contribution >= 0.6 is 11.8 Å². The first-order chi connectivity index (χ1) is 20.9. The van der Waals surface area contributed by atoms with Crippen molar-refractivity contribution < 1.29 is 24.2 Å². The van der Waals surface area contributed by atoms with E-state index in [0.717, 1.165) is 38.0 Å². The molecule has 0 aromatic heterocycles. The summed E-state index contributed by atoms with van der Waals surface area (Å²) in [6.07, 6.45) is 6.19. The molecule has 1 N–H and O–H groups in total. The van der Waals surface area contributed by atoms with Gasteiger partial charge >= 0.3 is 0 Å². The average Bonchev–Trinajstić information content (AvgIpc) is 3.67. The number of benzene rings is 1. The zero-order valence-corrected chi connectivity index (χ0v) is 26.0. The maximum atomic E-state index is 14.5. The Morgan fingerprint density at radius 1 is 1.05 bits per heavy atom. The number of carbonyl (C=O) groups is 3. The molecule has 5 atom stereocenters. The highest BCUT2D eigenvalue weighted by Crippen LogP contribution is 2.66. The molecule has 0 saturated carbocycles. The molecule has 4 aliphatic rings. The Morgan fingerprint density at radius 3 is 2.47 bits per heavy atom. The van der Waals surface area contributed by atoms with E-state index in [1.807, 2.05) is 40.1 Å². The normalized spacial score (nSPS) is 28.1. The molecule has 234 valence electrons.